The lowest BCUT2D eigenvalue weighted by molar-refractivity contribution is 0.585. The van der Waals surface area contributed by atoms with Crippen molar-refractivity contribution in [1.29, 1.82) is 0 Å². The molecule has 0 aliphatic carbocycles. The van der Waals surface area contributed by atoms with Crippen molar-refractivity contribution < 1.29 is 0 Å². The van der Waals surface area contributed by atoms with Crippen LogP contribution in [0.5, 0.6) is 0 Å². The minimum atomic E-state index is 0.856. The molecule has 1 unspecified atom stereocenters. The second-order valence-electron chi connectivity index (χ2n) is 2.90. The van der Waals surface area contributed by atoms with E-state index in [0.717, 1.165) is 11.2 Å². The summed E-state index contributed by atoms with van der Waals surface area (Å²) >= 11 is 2.06. The van der Waals surface area contributed by atoms with E-state index in [1.54, 1.807) is 0 Å². The molecule has 0 heterocycles. The normalized spacial score (nSPS) is 14.3. The van der Waals surface area contributed by atoms with Crippen LogP contribution in [0.1, 0.15) is 34.1 Å². The van der Waals surface area contributed by atoms with Gasteiger partial charge in [0.1, 0.15) is 0 Å². The predicted molar refractivity (Wildman–Crippen MR) is 47.0 cm³/mol. The maximum atomic E-state index is 2.31. The number of thioether (sulfide) groups is 1. The van der Waals surface area contributed by atoms with Crippen molar-refractivity contribution in [3.8, 4) is 0 Å². The monoisotopic (exact) mass is 146 g/mol. The fourth-order valence-corrected chi connectivity index (χ4v) is 2.11. The van der Waals surface area contributed by atoms with Gasteiger partial charge >= 0.3 is 0 Å². The van der Waals surface area contributed by atoms with Crippen LogP contribution in [0, 0.1) is 5.92 Å². The summed E-state index contributed by atoms with van der Waals surface area (Å²) in [6, 6.07) is 0. The lowest BCUT2D eigenvalue weighted by Crippen LogP contribution is -2.01. The molecule has 0 radical (unpaired) electrons. The molecule has 0 aromatic rings. The molecule has 1 heteroatoms. The standard InChI is InChI=1S/C8H18S/c1-5-9-8(4)6-7(2)3/h7-8H,5-6H2,1-4H3. The summed E-state index contributed by atoms with van der Waals surface area (Å²) in [6.07, 6.45) is 1.36. The third kappa shape index (κ3) is 6.23. The number of hydrogen-bond acceptors (Lipinski definition) is 1. The average molecular weight is 146 g/mol. The third-order valence-electron chi connectivity index (χ3n) is 1.25. The molecular formula is C8H18S. The molecule has 0 saturated heterocycles. The Morgan fingerprint density at radius 3 is 2.11 bits per heavy atom. The Morgan fingerprint density at radius 2 is 1.78 bits per heavy atom. The van der Waals surface area contributed by atoms with Crippen LogP contribution >= 0.6 is 11.8 Å². The van der Waals surface area contributed by atoms with Crippen molar-refractivity contribution in [3.05, 3.63) is 0 Å². The minimum Gasteiger partial charge on any atom is -0.159 e. The van der Waals surface area contributed by atoms with Crippen LogP contribution < -0.4 is 0 Å². The van der Waals surface area contributed by atoms with Crippen molar-refractivity contribution in [2.75, 3.05) is 5.75 Å². The third-order valence-corrected chi connectivity index (χ3v) is 2.35. The zero-order chi connectivity index (χ0) is 7.28. The molecule has 0 spiro atoms. The first-order valence-electron chi connectivity index (χ1n) is 3.78. The summed E-state index contributed by atoms with van der Waals surface area (Å²) in [4.78, 5) is 0. The summed E-state index contributed by atoms with van der Waals surface area (Å²) in [5.74, 6) is 2.12. The fourth-order valence-electron chi connectivity index (χ4n) is 1.02. The van der Waals surface area contributed by atoms with Gasteiger partial charge in [-0.2, -0.15) is 11.8 Å². The molecule has 0 nitrogen and oxygen atoms in total. The topological polar surface area (TPSA) is 0 Å². The van der Waals surface area contributed by atoms with E-state index in [1.165, 1.54) is 12.2 Å². The van der Waals surface area contributed by atoms with Crippen molar-refractivity contribution in [2.45, 2.75) is 39.4 Å². The lowest BCUT2D eigenvalue weighted by atomic mass is 10.1. The molecule has 0 bridgehead atoms. The molecule has 0 aliphatic heterocycles. The summed E-state index contributed by atoms with van der Waals surface area (Å²) in [5, 5.41) is 0.856. The van der Waals surface area contributed by atoms with Gasteiger partial charge in [0.2, 0.25) is 0 Å². The van der Waals surface area contributed by atoms with E-state index in [0.29, 0.717) is 0 Å². The second kappa shape index (κ2) is 5.16. The maximum Gasteiger partial charge on any atom is 0.00210 e. The molecular weight excluding hydrogens is 128 g/mol. The summed E-state index contributed by atoms with van der Waals surface area (Å²) in [7, 11) is 0. The van der Waals surface area contributed by atoms with E-state index in [9.17, 15) is 0 Å². The van der Waals surface area contributed by atoms with Crippen molar-refractivity contribution in [2.24, 2.45) is 5.92 Å². The number of hydrogen-bond donors (Lipinski definition) is 0. The van der Waals surface area contributed by atoms with E-state index in [1.807, 2.05) is 0 Å². The number of rotatable bonds is 4. The van der Waals surface area contributed by atoms with Crippen molar-refractivity contribution in [3.63, 3.8) is 0 Å². The van der Waals surface area contributed by atoms with Gasteiger partial charge < -0.3 is 0 Å². The van der Waals surface area contributed by atoms with Gasteiger partial charge in [-0.05, 0) is 18.1 Å². The summed E-state index contributed by atoms with van der Waals surface area (Å²) in [6.45, 7) is 9.11. The summed E-state index contributed by atoms with van der Waals surface area (Å²) in [5.41, 5.74) is 0. The van der Waals surface area contributed by atoms with Gasteiger partial charge in [-0.25, -0.2) is 0 Å². The molecule has 0 aromatic carbocycles. The van der Waals surface area contributed by atoms with E-state index in [-0.39, 0.29) is 0 Å². The van der Waals surface area contributed by atoms with Crippen molar-refractivity contribution >= 4 is 11.8 Å². The van der Waals surface area contributed by atoms with Gasteiger partial charge in [-0.1, -0.05) is 27.7 Å². The van der Waals surface area contributed by atoms with Crippen LogP contribution in [0.3, 0.4) is 0 Å². The first kappa shape index (κ1) is 9.35. The SMILES string of the molecule is CCSC(C)CC(C)C. The van der Waals surface area contributed by atoms with E-state index in [4.69, 9.17) is 0 Å². The fraction of sp³-hybridized carbons (Fsp3) is 1.00. The summed E-state index contributed by atoms with van der Waals surface area (Å²) < 4.78 is 0. The Bertz CT molecular complexity index is 59.6. The highest BCUT2D eigenvalue weighted by atomic mass is 32.2. The highest BCUT2D eigenvalue weighted by Gasteiger charge is 2.02. The van der Waals surface area contributed by atoms with Crippen LogP contribution in [0.25, 0.3) is 0 Å². The Morgan fingerprint density at radius 1 is 1.22 bits per heavy atom. The van der Waals surface area contributed by atoms with Crippen molar-refractivity contribution in [1.82, 2.24) is 0 Å². The largest absolute Gasteiger partial charge is 0.159 e. The Balaban J connectivity index is 3.15. The minimum absolute atomic E-state index is 0.856. The lowest BCUT2D eigenvalue weighted by Gasteiger charge is -2.11. The molecule has 0 N–H and O–H groups in total. The Labute approximate surface area is 63.4 Å². The Kier molecular flexibility index (Phi) is 5.36. The average Bonchev–Trinajstić information content (AvgIpc) is 1.63. The van der Waals surface area contributed by atoms with Crippen LogP contribution in [0.15, 0.2) is 0 Å². The molecule has 0 aromatic heterocycles. The highest BCUT2D eigenvalue weighted by molar-refractivity contribution is 7.99. The molecule has 56 valence electrons. The molecule has 0 aliphatic rings. The van der Waals surface area contributed by atoms with Gasteiger partial charge in [0.05, 0.1) is 0 Å². The highest BCUT2D eigenvalue weighted by Crippen LogP contribution is 2.17. The quantitative estimate of drug-likeness (QED) is 0.587. The van der Waals surface area contributed by atoms with Crippen LogP contribution in [0.4, 0.5) is 0 Å². The van der Waals surface area contributed by atoms with Crippen LogP contribution in [0.2, 0.25) is 0 Å². The molecule has 9 heavy (non-hydrogen) atoms. The van der Waals surface area contributed by atoms with E-state index in [2.05, 4.69) is 39.5 Å². The predicted octanol–water partition coefficient (Wildman–Crippen LogP) is 3.17. The molecule has 0 fully saturated rings. The maximum absolute atomic E-state index is 2.31. The van der Waals surface area contributed by atoms with Crippen LogP contribution in [-0.2, 0) is 0 Å². The first-order chi connectivity index (χ1) is 4.16. The molecule has 0 saturated carbocycles. The van der Waals surface area contributed by atoms with Gasteiger partial charge in [0.15, 0.2) is 0 Å². The molecule has 1 atom stereocenters. The zero-order valence-corrected chi connectivity index (χ0v) is 7.79. The first-order valence-corrected chi connectivity index (χ1v) is 4.83. The van der Waals surface area contributed by atoms with Gasteiger partial charge in [-0.15, -0.1) is 0 Å². The van der Waals surface area contributed by atoms with Gasteiger partial charge in [-0.3, -0.25) is 0 Å². The zero-order valence-electron chi connectivity index (χ0n) is 6.98. The smallest absolute Gasteiger partial charge is 0.00210 e. The van der Waals surface area contributed by atoms with Crippen LogP contribution in [-0.4, -0.2) is 11.0 Å². The van der Waals surface area contributed by atoms with Gasteiger partial charge in [0, 0.05) is 5.25 Å². The van der Waals surface area contributed by atoms with Gasteiger partial charge in [0.25, 0.3) is 0 Å². The molecule has 0 rings (SSSR count). The van der Waals surface area contributed by atoms with E-state index < -0.39 is 0 Å². The Hall–Kier alpha value is 0.350. The molecule has 0 amide bonds. The second-order valence-corrected chi connectivity index (χ2v) is 4.61. The van der Waals surface area contributed by atoms with E-state index >= 15 is 0 Å².